The van der Waals surface area contributed by atoms with Crippen molar-refractivity contribution in [1.82, 2.24) is 5.32 Å². The van der Waals surface area contributed by atoms with Crippen molar-refractivity contribution in [1.29, 1.82) is 0 Å². The fourth-order valence-corrected chi connectivity index (χ4v) is 3.62. The first-order chi connectivity index (χ1) is 13.0. The van der Waals surface area contributed by atoms with Crippen molar-refractivity contribution >= 4 is 46.4 Å². The van der Waals surface area contributed by atoms with E-state index in [-0.39, 0.29) is 12.0 Å². The molecule has 2 aliphatic rings. The van der Waals surface area contributed by atoms with E-state index in [9.17, 15) is 9.59 Å². The molecule has 27 heavy (non-hydrogen) atoms. The molecule has 2 saturated heterocycles. The molecule has 0 radical (unpaired) electrons. The molecule has 1 atom stereocenters. The first-order valence-corrected chi connectivity index (χ1v) is 10.3. The molecule has 1 aromatic rings. The third-order valence-corrected chi connectivity index (χ3v) is 5.31. The van der Waals surface area contributed by atoms with Crippen LogP contribution in [-0.4, -0.2) is 49.0 Å². The van der Waals surface area contributed by atoms with Crippen LogP contribution in [0.15, 0.2) is 18.2 Å². The third-order valence-electron chi connectivity index (χ3n) is 4.92. The van der Waals surface area contributed by atoms with Crippen LogP contribution in [0.3, 0.4) is 0 Å². The van der Waals surface area contributed by atoms with E-state index in [0.717, 1.165) is 51.1 Å². The molecule has 0 spiro atoms. The summed E-state index contributed by atoms with van der Waals surface area (Å²) < 4.78 is 5.58. The number of piperidine rings is 1. The summed E-state index contributed by atoms with van der Waals surface area (Å²) in [6, 6.07) is 5.33. The summed E-state index contributed by atoms with van der Waals surface area (Å²) in [5, 5.41) is 5.61. The fraction of sp³-hybridized carbons (Fsp3) is 0.579. The molecule has 2 amide bonds. The Morgan fingerprint density at radius 2 is 1.96 bits per heavy atom. The van der Waals surface area contributed by atoms with Gasteiger partial charge in [0.25, 0.3) is 11.8 Å². The van der Waals surface area contributed by atoms with Crippen LogP contribution in [0.2, 0.25) is 0 Å². The molecule has 1 aromatic carbocycles. The van der Waals surface area contributed by atoms with Crippen LogP contribution in [0.25, 0.3) is 0 Å². The zero-order chi connectivity index (χ0) is 19.2. The average Bonchev–Trinajstić information content (AvgIpc) is 3.20. The van der Waals surface area contributed by atoms with E-state index in [0.29, 0.717) is 17.8 Å². The van der Waals surface area contributed by atoms with Gasteiger partial charge in [0.15, 0.2) is 4.84 Å². The molecule has 2 aliphatic heterocycles. The molecule has 2 N–H and O–H groups in total. The zero-order valence-electron chi connectivity index (χ0n) is 15.2. The van der Waals surface area contributed by atoms with E-state index in [1.165, 1.54) is 6.42 Å². The molecule has 148 valence electrons. The van der Waals surface area contributed by atoms with Gasteiger partial charge < -0.3 is 20.3 Å². The summed E-state index contributed by atoms with van der Waals surface area (Å²) in [6.45, 7) is 3.08. The van der Waals surface area contributed by atoms with E-state index in [1.807, 2.05) is 6.07 Å². The lowest BCUT2D eigenvalue weighted by molar-refractivity contribution is -0.114. The molecule has 6 nitrogen and oxygen atoms in total. The van der Waals surface area contributed by atoms with Crippen molar-refractivity contribution in [2.45, 2.75) is 43.0 Å². The van der Waals surface area contributed by atoms with Crippen LogP contribution in [0.5, 0.6) is 0 Å². The van der Waals surface area contributed by atoms with Crippen molar-refractivity contribution in [3.05, 3.63) is 23.8 Å². The second-order valence-corrected chi connectivity index (χ2v) is 8.01. The van der Waals surface area contributed by atoms with Gasteiger partial charge in [-0.15, -0.1) is 0 Å². The molecule has 2 fully saturated rings. The summed E-state index contributed by atoms with van der Waals surface area (Å²) in [6.07, 6.45) is 5.48. The predicted octanol–water partition coefficient (Wildman–Crippen LogP) is 3.33. The number of amides is 2. The number of anilines is 2. The number of hydrogen-bond acceptors (Lipinski definition) is 4. The monoisotopic (exact) mass is 413 g/mol. The Morgan fingerprint density at radius 1 is 1.19 bits per heavy atom. The van der Waals surface area contributed by atoms with Gasteiger partial charge in [-0.3, -0.25) is 9.59 Å². The fourth-order valence-electron chi connectivity index (χ4n) is 3.51. The minimum atomic E-state index is -1.16. The second-order valence-electron chi connectivity index (χ2n) is 6.91. The average molecular weight is 414 g/mol. The van der Waals surface area contributed by atoms with Crippen LogP contribution < -0.4 is 15.5 Å². The van der Waals surface area contributed by atoms with Crippen molar-refractivity contribution in [3.63, 3.8) is 0 Å². The molecular weight excluding hydrogens is 389 g/mol. The number of rotatable bonds is 6. The Labute approximate surface area is 169 Å². The molecular formula is C19H25Cl2N3O3. The SMILES string of the molecule is O=C(NC[C@@H]1CCCO1)c1cc(NC(=O)C(Cl)Cl)ccc1N1CCCCC1. The van der Waals surface area contributed by atoms with E-state index in [1.54, 1.807) is 12.1 Å². The Balaban J connectivity index is 1.78. The molecule has 8 heteroatoms. The maximum absolute atomic E-state index is 12.9. The van der Waals surface area contributed by atoms with Crippen molar-refractivity contribution in [2.24, 2.45) is 0 Å². The van der Waals surface area contributed by atoms with E-state index < -0.39 is 10.7 Å². The highest BCUT2D eigenvalue weighted by Crippen LogP contribution is 2.27. The maximum atomic E-state index is 12.9. The molecule has 0 bridgehead atoms. The molecule has 0 aromatic heterocycles. The Hall–Kier alpha value is -1.50. The normalized spacial score (nSPS) is 20.0. The Kier molecular flexibility index (Phi) is 7.21. The lowest BCUT2D eigenvalue weighted by atomic mass is 10.1. The van der Waals surface area contributed by atoms with Crippen LogP contribution in [0.4, 0.5) is 11.4 Å². The third kappa shape index (κ3) is 5.50. The summed E-state index contributed by atoms with van der Waals surface area (Å²) in [7, 11) is 0. The first-order valence-electron chi connectivity index (χ1n) is 9.42. The standard InChI is InChI=1S/C19H25Cl2N3O3/c20-17(21)19(26)23-13-6-7-16(24-8-2-1-3-9-24)15(11-13)18(25)22-12-14-5-4-10-27-14/h6-7,11,14,17H,1-5,8-10,12H2,(H,22,25)(H,23,26)/t14-/m0/s1. The summed E-state index contributed by atoms with van der Waals surface area (Å²) in [4.78, 5) is 25.7. The van der Waals surface area contributed by atoms with Gasteiger partial charge in [0.05, 0.1) is 11.7 Å². The van der Waals surface area contributed by atoms with E-state index in [2.05, 4.69) is 15.5 Å². The smallest absolute Gasteiger partial charge is 0.257 e. The zero-order valence-corrected chi connectivity index (χ0v) is 16.7. The number of ether oxygens (including phenoxy) is 1. The van der Waals surface area contributed by atoms with Gasteiger partial charge in [0.2, 0.25) is 0 Å². The van der Waals surface area contributed by atoms with Crippen molar-refractivity contribution in [3.8, 4) is 0 Å². The van der Waals surface area contributed by atoms with Gasteiger partial charge in [-0.1, -0.05) is 23.2 Å². The number of nitrogens with zero attached hydrogens (tertiary/aromatic N) is 1. The van der Waals surface area contributed by atoms with Gasteiger partial charge >= 0.3 is 0 Å². The minimum absolute atomic E-state index is 0.0727. The van der Waals surface area contributed by atoms with E-state index in [4.69, 9.17) is 27.9 Å². The van der Waals surface area contributed by atoms with Crippen LogP contribution in [0, 0.1) is 0 Å². The topological polar surface area (TPSA) is 70.7 Å². The van der Waals surface area contributed by atoms with Crippen molar-refractivity contribution in [2.75, 3.05) is 36.5 Å². The van der Waals surface area contributed by atoms with Gasteiger partial charge in [-0.25, -0.2) is 0 Å². The number of hydrogen-bond donors (Lipinski definition) is 2. The highest BCUT2D eigenvalue weighted by molar-refractivity contribution is 6.54. The minimum Gasteiger partial charge on any atom is -0.376 e. The van der Waals surface area contributed by atoms with Gasteiger partial charge in [0, 0.05) is 37.6 Å². The second kappa shape index (κ2) is 9.62. The van der Waals surface area contributed by atoms with Gasteiger partial charge in [-0.05, 0) is 50.3 Å². The van der Waals surface area contributed by atoms with E-state index >= 15 is 0 Å². The van der Waals surface area contributed by atoms with Gasteiger partial charge in [-0.2, -0.15) is 0 Å². The van der Waals surface area contributed by atoms with Crippen LogP contribution >= 0.6 is 23.2 Å². The number of carbonyl (C=O) groups is 2. The maximum Gasteiger partial charge on any atom is 0.257 e. The molecule has 0 saturated carbocycles. The number of benzene rings is 1. The first kappa shape index (κ1) is 20.2. The highest BCUT2D eigenvalue weighted by Gasteiger charge is 2.22. The molecule has 2 heterocycles. The summed E-state index contributed by atoms with van der Waals surface area (Å²) >= 11 is 11.2. The lowest BCUT2D eigenvalue weighted by Crippen LogP contribution is -2.35. The lowest BCUT2D eigenvalue weighted by Gasteiger charge is -2.30. The molecule has 0 aliphatic carbocycles. The van der Waals surface area contributed by atoms with Crippen molar-refractivity contribution < 1.29 is 14.3 Å². The number of carbonyl (C=O) groups excluding carboxylic acids is 2. The van der Waals surface area contributed by atoms with Crippen LogP contribution in [0.1, 0.15) is 42.5 Å². The predicted molar refractivity (Wildman–Crippen MR) is 108 cm³/mol. The quantitative estimate of drug-likeness (QED) is 0.701. The number of halogens is 2. The summed E-state index contributed by atoms with van der Waals surface area (Å²) in [5.74, 6) is -0.690. The molecule has 0 unspecified atom stereocenters. The van der Waals surface area contributed by atoms with Gasteiger partial charge in [0.1, 0.15) is 0 Å². The summed E-state index contributed by atoms with van der Waals surface area (Å²) in [5.41, 5.74) is 1.91. The Bertz CT molecular complexity index is 672. The largest absolute Gasteiger partial charge is 0.376 e. The number of nitrogens with one attached hydrogen (secondary N) is 2. The Morgan fingerprint density at radius 3 is 2.63 bits per heavy atom. The highest BCUT2D eigenvalue weighted by atomic mass is 35.5. The molecule has 3 rings (SSSR count). The van der Waals surface area contributed by atoms with Crippen LogP contribution in [-0.2, 0) is 9.53 Å². The number of alkyl halides is 2.